The van der Waals surface area contributed by atoms with Crippen LogP contribution < -0.4 is 0 Å². The van der Waals surface area contributed by atoms with Gasteiger partial charge in [0.1, 0.15) is 5.58 Å². The van der Waals surface area contributed by atoms with Crippen molar-refractivity contribution >= 4 is 38.8 Å². The lowest BCUT2D eigenvalue weighted by Gasteiger charge is -2.06. The third-order valence-electron chi connectivity index (χ3n) is 3.22. The Bertz CT molecular complexity index is 703. The lowest BCUT2D eigenvalue weighted by molar-refractivity contribution is -0.145. The second-order valence-corrected chi connectivity index (χ2v) is 5.46. The molecule has 0 saturated carbocycles. The van der Waals surface area contributed by atoms with E-state index in [0.717, 1.165) is 9.86 Å². The predicted molar refractivity (Wildman–Crippen MR) is 73.4 cm³/mol. The summed E-state index contributed by atoms with van der Waals surface area (Å²) in [5.41, 5.74) is 1.30. The van der Waals surface area contributed by atoms with E-state index in [2.05, 4.69) is 15.9 Å². The Labute approximate surface area is 123 Å². The van der Waals surface area contributed by atoms with Crippen LogP contribution in [0.4, 0.5) is 0 Å². The van der Waals surface area contributed by atoms with E-state index in [1.54, 1.807) is 13.0 Å². The Morgan fingerprint density at radius 2 is 2.25 bits per heavy atom. The number of ether oxygens (including phenoxy) is 2. The van der Waals surface area contributed by atoms with Crippen molar-refractivity contribution in [1.82, 2.24) is 0 Å². The number of furan rings is 1. The van der Waals surface area contributed by atoms with Crippen LogP contribution in [0.1, 0.15) is 22.5 Å². The van der Waals surface area contributed by atoms with Crippen LogP contribution >= 0.6 is 15.9 Å². The van der Waals surface area contributed by atoms with Gasteiger partial charge in [-0.3, -0.25) is 0 Å². The number of carbonyl (C=O) groups excluding carboxylic acids is 2. The molecule has 1 aromatic carbocycles. The van der Waals surface area contributed by atoms with E-state index in [-0.39, 0.29) is 12.4 Å². The molecule has 0 N–H and O–H groups in total. The molecule has 1 aromatic heterocycles. The normalized spacial score (nSPS) is 18.3. The van der Waals surface area contributed by atoms with Crippen LogP contribution in [0, 0.1) is 6.92 Å². The van der Waals surface area contributed by atoms with E-state index < -0.39 is 18.0 Å². The summed E-state index contributed by atoms with van der Waals surface area (Å²) < 4.78 is 16.3. The molecule has 1 atom stereocenters. The Kier molecular flexibility index (Phi) is 3.25. The summed E-state index contributed by atoms with van der Waals surface area (Å²) in [5, 5.41) is 0.834. The molecule has 0 unspecified atom stereocenters. The monoisotopic (exact) mass is 338 g/mol. The summed E-state index contributed by atoms with van der Waals surface area (Å²) in [5.74, 6) is -1.02. The minimum atomic E-state index is -0.832. The largest absolute Gasteiger partial charge is 0.463 e. The maximum Gasteiger partial charge on any atom is 0.375 e. The van der Waals surface area contributed by atoms with Crippen molar-refractivity contribution in [2.45, 2.75) is 19.4 Å². The fourth-order valence-electron chi connectivity index (χ4n) is 2.15. The summed E-state index contributed by atoms with van der Waals surface area (Å²) in [6, 6.07) is 5.47. The van der Waals surface area contributed by atoms with E-state index in [1.165, 1.54) is 0 Å². The highest BCUT2D eigenvalue weighted by Gasteiger charge is 2.32. The molecule has 6 heteroatoms. The molecule has 2 aromatic rings. The summed E-state index contributed by atoms with van der Waals surface area (Å²) in [6.07, 6.45) is -0.447. The Hall–Kier alpha value is -1.82. The molecule has 0 bridgehead atoms. The van der Waals surface area contributed by atoms with Crippen LogP contribution in [0.25, 0.3) is 11.0 Å². The van der Waals surface area contributed by atoms with Crippen molar-refractivity contribution in [3.8, 4) is 0 Å². The van der Waals surface area contributed by atoms with Gasteiger partial charge in [-0.05, 0) is 25.1 Å². The number of cyclic esters (lactones) is 1. The molecular formula is C14H11BrO5. The summed E-state index contributed by atoms with van der Waals surface area (Å²) in [7, 11) is 0. The summed E-state index contributed by atoms with van der Waals surface area (Å²) in [4.78, 5) is 23.4. The molecule has 0 radical (unpaired) electrons. The van der Waals surface area contributed by atoms with Gasteiger partial charge in [-0.1, -0.05) is 15.9 Å². The van der Waals surface area contributed by atoms with E-state index >= 15 is 0 Å². The SMILES string of the molecule is Cc1c(C(=O)O[C@H]2CCOC2=O)oc2ccc(Br)cc12. The van der Waals surface area contributed by atoms with Gasteiger partial charge in [-0.15, -0.1) is 0 Å². The number of hydrogen-bond donors (Lipinski definition) is 0. The minimum absolute atomic E-state index is 0.123. The second-order valence-electron chi connectivity index (χ2n) is 4.55. The Morgan fingerprint density at radius 1 is 1.45 bits per heavy atom. The molecule has 0 aliphatic carbocycles. The van der Waals surface area contributed by atoms with E-state index in [1.807, 2.05) is 12.1 Å². The average molecular weight is 339 g/mol. The van der Waals surface area contributed by atoms with Gasteiger partial charge in [0.05, 0.1) is 6.61 Å². The molecule has 1 aliphatic rings. The van der Waals surface area contributed by atoms with Gasteiger partial charge in [0.15, 0.2) is 0 Å². The molecule has 5 nitrogen and oxygen atoms in total. The van der Waals surface area contributed by atoms with Crippen molar-refractivity contribution in [1.29, 1.82) is 0 Å². The number of fused-ring (bicyclic) bond motifs is 1. The van der Waals surface area contributed by atoms with Crippen molar-refractivity contribution in [2.75, 3.05) is 6.61 Å². The van der Waals surface area contributed by atoms with Gasteiger partial charge >= 0.3 is 11.9 Å². The lowest BCUT2D eigenvalue weighted by Crippen LogP contribution is -2.22. The molecule has 0 amide bonds. The van der Waals surface area contributed by atoms with Gasteiger partial charge in [0.2, 0.25) is 11.9 Å². The number of aryl methyl sites for hydroxylation is 1. The molecule has 1 aliphatic heterocycles. The Morgan fingerprint density at radius 3 is 2.95 bits per heavy atom. The fraction of sp³-hybridized carbons (Fsp3) is 0.286. The maximum atomic E-state index is 12.1. The van der Waals surface area contributed by atoms with Gasteiger partial charge in [-0.25, -0.2) is 9.59 Å². The third kappa shape index (κ3) is 2.20. The molecule has 3 rings (SSSR count). The molecule has 0 spiro atoms. The highest BCUT2D eigenvalue weighted by Crippen LogP contribution is 2.29. The van der Waals surface area contributed by atoms with Crippen LogP contribution in [-0.4, -0.2) is 24.6 Å². The zero-order valence-electron chi connectivity index (χ0n) is 10.6. The number of rotatable bonds is 2. The summed E-state index contributed by atoms with van der Waals surface area (Å²) >= 11 is 3.37. The van der Waals surface area contributed by atoms with E-state index in [4.69, 9.17) is 13.9 Å². The molecule has 104 valence electrons. The van der Waals surface area contributed by atoms with Gasteiger partial charge < -0.3 is 13.9 Å². The third-order valence-corrected chi connectivity index (χ3v) is 3.71. The quantitative estimate of drug-likeness (QED) is 0.787. The second kappa shape index (κ2) is 4.94. The lowest BCUT2D eigenvalue weighted by atomic mass is 10.1. The topological polar surface area (TPSA) is 65.7 Å². The number of esters is 2. The van der Waals surface area contributed by atoms with Crippen LogP contribution in [-0.2, 0) is 14.3 Å². The summed E-state index contributed by atoms with van der Waals surface area (Å²) in [6.45, 7) is 2.06. The first-order chi connectivity index (χ1) is 9.56. The van der Waals surface area contributed by atoms with Gasteiger partial charge in [0, 0.05) is 21.8 Å². The maximum absolute atomic E-state index is 12.1. The van der Waals surface area contributed by atoms with Crippen molar-refractivity contribution in [2.24, 2.45) is 0 Å². The molecular weight excluding hydrogens is 328 g/mol. The fourth-order valence-corrected chi connectivity index (χ4v) is 2.52. The first-order valence-corrected chi connectivity index (χ1v) is 6.92. The zero-order valence-corrected chi connectivity index (χ0v) is 12.2. The van der Waals surface area contributed by atoms with Crippen molar-refractivity contribution in [3.05, 3.63) is 34.0 Å². The highest BCUT2D eigenvalue weighted by molar-refractivity contribution is 9.10. The zero-order chi connectivity index (χ0) is 14.3. The van der Waals surface area contributed by atoms with Crippen LogP contribution in [0.2, 0.25) is 0 Å². The molecule has 1 saturated heterocycles. The molecule has 2 heterocycles. The first-order valence-electron chi connectivity index (χ1n) is 6.12. The molecule has 20 heavy (non-hydrogen) atoms. The molecule has 1 fully saturated rings. The number of halogens is 1. The average Bonchev–Trinajstić information content (AvgIpc) is 2.95. The predicted octanol–water partition coefficient (Wildman–Crippen LogP) is 2.98. The van der Waals surface area contributed by atoms with Crippen LogP contribution in [0.5, 0.6) is 0 Å². The Balaban J connectivity index is 1.91. The van der Waals surface area contributed by atoms with Gasteiger partial charge in [-0.2, -0.15) is 0 Å². The number of hydrogen-bond acceptors (Lipinski definition) is 5. The van der Waals surface area contributed by atoms with Gasteiger partial charge in [0.25, 0.3) is 0 Å². The van der Waals surface area contributed by atoms with Crippen molar-refractivity contribution < 1.29 is 23.5 Å². The highest BCUT2D eigenvalue weighted by atomic mass is 79.9. The number of benzene rings is 1. The number of carbonyl (C=O) groups is 2. The van der Waals surface area contributed by atoms with Crippen LogP contribution in [0.15, 0.2) is 27.1 Å². The standard InChI is InChI=1S/C14H11BrO5/c1-7-9-6-8(15)2-3-10(9)19-12(7)14(17)20-11-4-5-18-13(11)16/h2-3,6,11H,4-5H2,1H3/t11-/m0/s1. The minimum Gasteiger partial charge on any atom is -0.463 e. The van der Waals surface area contributed by atoms with E-state index in [9.17, 15) is 9.59 Å². The van der Waals surface area contributed by atoms with Crippen molar-refractivity contribution in [3.63, 3.8) is 0 Å². The first kappa shape index (κ1) is 13.2. The van der Waals surface area contributed by atoms with Crippen LogP contribution in [0.3, 0.4) is 0 Å². The van der Waals surface area contributed by atoms with E-state index in [0.29, 0.717) is 17.6 Å². The smallest absolute Gasteiger partial charge is 0.375 e.